The molecule has 0 saturated carbocycles. The van der Waals surface area contributed by atoms with Crippen LogP contribution in [0.1, 0.15) is 39.0 Å². The molecule has 0 unspecified atom stereocenters. The number of hydrogen-bond donors (Lipinski definition) is 2. The first-order valence-electron chi connectivity index (χ1n) is 5.22. The predicted octanol–water partition coefficient (Wildman–Crippen LogP) is 1.43. The molecule has 0 aliphatic carbocycles. The normalized spacial score (nSPS) is 11.9. The third-order valence-electron chi connectivity index (χ3n) is 1.93. The summed E-state index contributed by atoms with van der Waals surface area (Å²) in [7, 11) is -3.74. The lowest BCUT2D eigenvalue weighted by atomic mass is 10.2. The highest BCUT2D eigenvalue weighted by Gasteiger charge is 2.02. The van der Waals surface area contributed by atoms with Crippen LogP contribution in [0.5, 0.6) is 0 Å². The van der Waals surface area contributed by atoms with Crippen molar-refractivity contribution in [2.45, 2.75) is 39.0 Å². The number of rotatable bonds is 9. The van der Waals surface area contributed by atoms with Crippen molar-refractivity contribution in [3.05, 3.63) is 0 Å². The van der Waals surface area contributed by atoms with E-state index in [4.69, 9.17) is 4.55 Å². The van der Waals surface area contributed by atoms with E-state index in [-0.39, 0.29) is 5.75 Å². The Balaban J connectivity index is 3.07. The molecule has 0 aromatic heterocycles. The summed E-state index contributed by atoms with van der Waals surface area (Å²) in [4.78, 5) is 0. The van der Waals surface area contributed by atoms with Gasteiger partial charge in [0.15, 0.2) is 0 Å². The van der Waals surface area contributed by atoms with Gasteiger partial charge in [0.2, 0.25) is 0 Å². The Hall–Kier alpha value is -0.130. The van der Waals surface area contributed by atoms with Crippen molar-refractivity contribution < 1.29 is 13.0 Å². The van der Waals surface area contributed by atoms with Gasteiger partial charge in [0.05, 0.1) is 5.75 Å². The molecule has 0 radical (unpaired) electrons. The second kappa shape index (κ2) is 8.20. The summed E-state index contributed by atoms with van der Waals surface area (Å²) >= 11 is 0. The van der Waals surface area contributed by atoms with Crippen LogP contribution in [0.3, 0.4) is 0 Å². The average Bonchev–Trinajstić information content (AvgIpc) is 2.08. The number of hydrogen-bond acceptors (Lipinski definition) is 3. The molecule has 0 saturated heterocycles. The summed E-state index contributed by atoms with van der Waals surface area (Å²) < 4.78 is 29.1. The van der Waals surface area contributed by atoms with E-state index in [0.717, 1.165) is 38.8 Å². The van der Waals surface area contributed by atoms with E-state index in [9.17, 15) is 8.42 Å². The molecule has 0 aliphatic rings. The lowest BCUT2D eigenvalue weighted by Gasteiger charge is -2.02. The molecule has 14 heavy (non-hydrogen) atoms. The van der Waals surface area contributed by atoms with Gasteiger partial charge in [0.1, 0.15) is 0 Å². The maximum absolute atomic E-state index is 10.3. The first-order valence-corrected chi connectivity index (χ1v) is 6.83. The van der Waals surface area contributed by atoms with E-state index in [1.54, 1.807) is 0 Å². The van der Waals surface area contributed by atoms with Crippen molar-refractivity contribution in [2.24, 2.45) is 0 Å². The fraction of sp³-hybridized carbons (Fsp3) is 1.00. The Morgan fingerprint density at radius 2 is 1.71 bits per heavy atom. The molecule has 0 spiro atoms. The molecular weight excluding hydrogens is 202 g/mol. The topological polar surface area (TPSA) is 66.4 Å². The Morgan fingerprint density at radius 1 is 1.07 bits per heavy atom. The Bertz CT molecular complexity index is 214. The first kappa shape index (κ1) is 13.9. The Labute approximate surface area is 86.8 Å². The zero-order valence-electron chi connectivity index (χ0n) is 8.83. The molecular formula is C9H21NO3S. The fourth-order valence-electron chi connectivity index (χ4n) is 1.19. The Morgan fingerprint density at radius 3 is 2.29 bits per heavy atom. The molecule has 0 bridgehead atoms. The van der Waals surface area contributed by atoms with E-state index in [1.807, 2.05) is 0 Å². The summed E-state index contributed by atoms with van der Waals surface area (Å²) in [5.41, 5.74) is 0. The van der Waals surface area contributed by atoms with Crippen molar-refractivity contribution in [3.8, 4) is 0 Å². The standard InChI is InChI=1S/C9H21NO3S/c1-2-7-10-8-5-3-4-6-9-14(11,12)13/h10H,2-9H2,1H3,(H,11,12,13). The molecule has 0 aliphatic heterocycles. The molecule has 4 nitrogen and oxygen atoms in total. The van der Waals surface area contributed by atoms with Crippen LogP contribution >= 0.6 is 0 Å². The molecule has 0 amide bonds. The van der Waals surface area contributed by atoms with E-state index in [0.29, 0.717) is 6.42 Å². The summed E-state index contributed by atoms with van der Waals surface area (Å²) in [6.45, 7) is 4.17. The van der Waals surface area contributed by atoms with Crippen molar-refractivity contribution in [2.75, 3.05) is 18.8 Å². The maximum atomic E-state index is 10.3. The van der Waals surface area contributed by atoms with Gasteiger partial charge in [-0.3, -0.25) is 4.55 Å². The van der Waals surface area contributed by atoms with Crippen molar-refractivity contribution in [1.29, 1.82) is 0 Å². The molecule has 2 N–H and O–H groups in total. The summed E-state index contributed by atoms with van der Waals surface area (Å²) in [6.07, 6.45) is 4.67. The van der Waals surface area contributed by atoms with Gasteiger partial charge in [-0.2, -0.15) is 8.42 Å². The van der Waals surface area contributed by atoms with Gasteiger partial charge >= 0.3 is 0 Å². The van der Waals surface area contributed by atoms with E-state index in [2.05, 4.69) is 12.2 Å². The second-order valence-corrected chi connectivity index (χ2v) is 5.02. The fourth-order valence-corrected chi connectivity index (χ4v) is 1.76. The lowest BCUT2D eigenvalue weighted by Crippen LogP contribution is -2.15. The molecule has 0 atom stereocenters. The van der Waals surface area contributed by atoms with E-state index >= 15 is 0 Å². The molecule has 0 rings (SSSR count). The second-order valence-electron chi connectivity index (χ2n) is 3.45. The number of unbranched alkanes of at least 4 members (excludes halogenated alkanes) is 3. The lowest BCUT2D eigenvalue weighted by molar-refractivity contribution is 0.478. The van der Waals surface area contributed by atoms with E-state index < -0.39 is 10.1 Å². The quantitative estimate of drug-likeness (QED) is 0.458. The Kier molecular flexibility index (Phi) is 8.12. The van der Waals surface area contributed by atoms with Crippen LogP contribution in [0.2, 0.25) is 0 Å². The van der Waals surface area contributed by atoms with Gasteiger partial charge in [0.25, 0.3) is 10.1 Å². The van der Waals surface area contributed by atoms with Crippen molar-refractivity contribution in [1.82, 2.24) is 5.32 Å². The predicted molar refractivity (Wildman–Crippen MR) is 58.0 cm³/mol. The largest absolute Gasteiger partial charge is 0.317 e. The summed E-state index contributed by atoms with van der Waals surface area (Å²) in [5, 5.41) is 3.27. The van der Waals surface area contributed by atoms with E-state index in [1.165, 1.54) is 0 Å². The minimum atomic E-state index is -3.74. The van der Waals surface area contributed by atoms with Crippen molar-refractivity contribution in [3.63, 3.8) is 0 Å². The van der Waals surface area contributed by atoms with Gasteiger partial charge < -0.3 is 5.32 Å². The third-order valence-corrected chi connectivity index (χ3v) is 2.74. The maximum Gasteiger partial charge on any atom is 0.264 e. The summed E-state index contributed by atoms with van der Waals surface area (Å²) in [5.74, 6) is -0.102. The van der Waals surface area contributed by atoms with Gasteiger partial charge in [-0.25, -0.2) is 0 Å². The van der Waals surface area contributed by atoms with Gasteiger partial charge in [-0.1, -0.05) is 19.8 Å². The van der Waals surface area contributed by atoms with Crippen LogP contribution in [-0.2, 0) is 10.1 Å². The zero-order chi connectivity index (χ0) is 10.9. The van der Waals surface area contributed by atoms with Crippen LogP contribution in [0.15, 0.2) is 0 Å². The molecule has 0 aromatic carbocycles. The SMILES string of the molecule is CCCNCCCCCCS(=O)(=O)O. The van der Waals surface area contributed by atoms with Crippen LogP contribution in [0, 0.1) is 0 Å². The number of nitrogens with one attached hydrogen (secondary N) is 1. The highest BCUT2D eigenvalue weighted by atomic mass is 32.2. The third kappa shape index (κ3) is 11.9. The van der Waals surface area contributed by atoms with Gasteiger partial charge in [-0.05, 0) is 32.4 Å². The highest BCUT2D eigenvalue weighted by Crippen LogP contribution is 2.00. The average molecular weight is 223 g/mol. The minimum Gasteiger partial charge on any atom is -0.317 e. The highest BCUT2D eigenvalue weighted by molar-refractivity contribution is 7.85. The van der Waals surface area contributed by atoms with Crippen LogP contribution in [0.4, 0.5) is 0 Å². The molecule has 0 aromatic rings. The van der Waals surface area contributed by atoms with Crippen LogP contribution < -0.4 is 5.32 Å². The van der Waals surface area contributed by atoms with Crippen LogP contribution in [0.25, 0.3) is 0 Å². The minimum absolute atomic E-state index is 0.102. The van der Waals surface area contributed by atoms with Crippen molar-refractivity contribution >= 4 is 10.1 Å². The molecule has 86 valence electrons. The zero-order valence-corrected chi connectivity index (χ0v) is 9.65. The molecule has 5 heteroatoms. The van der Waals surface area contributed by atoms with Crippen LogP contribution in [-0.4, -0.2) is 31.8 Å². The molecule has 0 heterocycles. The first-order chi connectivity index (χ1) is 6.56. The smallest absolute Gasteiger partial charge is 0.264 e. The van der Waals surface area contributed by atoms with Gasteiger partial charge in [-0.15, -0.1) is 0 Å². The molecule has 0 fully saturated rings. The summed E-state index contributed by atoms with van der Waals surface area (Å²) in [6, 6.07) is 0. The van der Waals surface area contributed by atoms with Gasteiger partial charge in [0, 0.05) is 0 Å². The monoisotopic (exact) mass is 223 g/mol.